The van der Waals surface area contributed by atoms with Gasteiger partial charge < -0.3 is 5.32 Å². The maximum absolute atomic E-state index is 3.56. The zero-order valence-corrected chi connectivity index (χ0v) is 9.93. The highest BCUT2D eigenvalue weighted by molar-refractivity contribution is 5.02. The van der Waals surface area contributed by atoms with Gasteiger partial charge in [-0.05, 0) is 50.6 Å². The van der Waals surface area contributed by atoms with Crippen LogP contribution < -0.4 is 5.32 Å². The monoisotopic (exact) mass is 207 g/mol. The van der Waals surface area contributed by atoms with E-state index in [1.54, 1.807) is 5.57 Å². The van der Waals surface area contributed by atoms with Gasteiger partial charge in [-0.2, -0.15) is 0 Å². The molecule has 0 aliphatic heterocycles. The van der Waals surface area contributed by atoms with Crippen LogP contribution in [0.4, 0.5) is 0 Å². The van der Waals surface area contributed by atoms with Crippen LogP contribution in [0.3, 0.4) is 0 Å². The first-order valence-corrected chi connectivity index (χ1v) is 6.86. The van der Waals surface area contributed by atoms with Crippen molar-refractivity contribution in [3.8, 4) is 0 Å². The van der Waals surface area contributed by atoms with Crippen LogP contribution in [0.2, 0.25) is 0 Å². The smallest absolute Gasteiger partial charge is 0.0169 e. The molecule has 1 nitrogen and oxygen atoms in total. The first-order valence-electron chi connectivity index (χ1n) is 6.86. The highest BCUT2D eigenvalue weighted by atomic mass is 14.8. The largest absolute Gasteiger partial charge is 0.391 e. The lowest BCUT2D eigenvalue weighted by Gasteiger charge is -2.22. The van der Waals surface area contributed by atoms with Crippen molar-refractivity contribution in [1.82, 2.24) is 5.32 Å². The molecule has 0 unspecified atom stereocenters. The summed E-state index contributed by atoms with van der Waals surface area (Å²) < 4.78 is 0. The first kappa shape index (κ1) is 11.0. The Labute approximate surface area is 94.3 Å². The summed E-state index contributed by atoms with van der Waals surface area (Å²) in [7, 11) is 0. The third kappa shape index (κ3) is 3.89. The predicted molar refractivity (Wildman–Crippen MR) is 65.7 cm³/mol. The number of nitrogens with one attached hydrogen (secondary N) is 1. The van der Waals surface area contributed by atoms with E-state index >= 15 is 0 Å². The van der Waals surface area contributed by atoms with Gasteiger partial charge in [0.25, 0.3) is 0 Å². The Kier molecular flexibility index (Phi) is 4.56. The van der Waals surface area contributed by atoms with E-state index in [-0.39, 0.29) is 0 Å². The fraction of sp³-hybridized carbons (Fsp3) is 0.857. The van der Waals surface area contributed by atoms with Crippen molar-refractivity contribution in [1.29, 1.82) is 0 Å². The lowest BCUT2D eigenvalue weighted by atomic mass is 9.89. The fourth-order valence-electron chi connectivity index (χ4n) is 2.91. The Bertz CT molecular complexity index is 193. The summed E-state index contributed by atoms with van der Waals surface area (Å²) in [6.07, 6.45) is 16.6. The molecule has 0 spiro atoms. The molecule has 0 radical (unpaired) electrons. The summed E-state index contributed by atoms with van der Waals surface area (Å²) in [6, 6.07) is 0. The Morgan fingerprint density at radius 3 is 2.33 bits per heavy atom. The van der Waals surface area contributed by atoms with E-state index in [2.05, 4.69) is 11.5 Å². The first-order chi connectivity index (χ1) is 7.45. The van der Waals surface area contributed by atoms with E-state index in [9.17, 15) is 0 Å². The molecule has 15 heavy (non-hydrogen) atoms. The molecule has 1 heteroatoms. The quantitative estimate of drug-likeness (QED) is 0.737. The Morgan fingerprint density at radius 2 is 1.60 bits per heavy atom. The molecular weight excluding hydrogens is 182 g/mol. The molecule has 0 aromatic rings. The second-order valence-corrected chi connectivity index (χ2v) is 5.28. The average molecular weight is 207 g/mol. The van der Waals surface area contributed by atoms with Crippen LogP contribution >= 0.6 is 0 Å². The van der Waals surface area contributed by atoms with E-state index in [1.165, 1.54) is 70.8 Å². The van der Waals surface area contributed by atoms with Crippen molar-refractivity contribution in [2.45, 2.75) is 64.2 Å². The van der Waals surface area contributed by atoms with Crippen molar-refractivity contribution in [2.24, 2.45) is 5.92 Å². The SMILES string of the molecule is C(NCC1CCCCC1)=C1CCCCC1. The van der Waals surface area contributed by atoms with Gasteiger partial charge in [0.05, 0.1) is 0 Å². The van der Waals surface area contributed by atoms with Crippen LogP contribution in [-0.2, 0) is 0 Å². The minimum Gasteiger partial charge on any atom is -0.391 e. The molecule has 0 aromatic carbocycles. The standard InChI is InChI=1S/C14H25N/c1-3-7-13(8-4-1)11-15-12-14-9-5-2-6-10-14/h11,14-15H,1-10,12H2. The van der Waals surface area contributed by atoms with Crippen molar-refractivity contribution < 1.29 is 0 Å². The van der Waals surface area contributed by atoms with E-state index in [1.807, 2.05) is 0 Å². The molecule has 2 rings (SSSR count). The molecule has 0 heterocycles. The van der Waals surface area contributed by atoms with Gasteiger partial charge in [0, 0.05) is 6.54 Å². The van der Waals surface area contributed by atoms with Gasteiger partial charge in [0.2, 0.25) is 0 Å². The third-order valence-corrected chi connectivity index (χ3v) is 3.93. The van der Waals surface area contributed by atoms with Crippen LogP contribution in [0.15, 0.2) is 11.8 Å². The predicted octanol–water partition coefficient (Wildman–Crippen LogP) is 4.00. The second-order valence-electron chi connectivity index (χ2n) is 5.28. The maximum Gasteiger partial charge on any atom is 0.0169 e. The third-order valence-electron chi connectivity index (χ3n) is 3.93. The molecule has 0 saturated heterocycles. The van der Waals surface area contributed by atoms with Gasteiger partial charge in [-0.3, -0.25) is 0 Å². The molecular formula is C14H25N. The van der Waals surface area contributed by atoms with Crippen LogP contribution in [0.5, 0.6) is 0 Å². The average Bonchev–Trinajstić information content (AvgIpc) is 2.32. The summed E-state index contributed by atoms with van der Waals surface area (Å²) in [6.45, 7) is 1.23. The minimum absolute atomic E-state index is 0.958. The fourth-order valence-corrected chi connectivity index (χ4v) is 2.91. The van der Waals surface area contributed by atoms with E-state index in [4.69, 9.17) is 0 Å². The van der Waals surface area contributed by atoms with Gasteiger partial charge >= 0.3 is 0 Å². The van der Waals surface area contributed by atoms with Gasteiger partial charge in [-0.25, -0.2) is 0 Å². The molecule has 2 saturated carbocycles. The van der Waals surface area contributed by atoms with Gasteiger partial charge in [0.1, 0.15) is 0 Å². The summed E-state index contributed by atoms with van der Waals surface area (Å²) in [5, 5.41) is 3.56. The highest BCUT2D eigenvalue weighted by Gasteiger charge is 2.12. The lowest BCUT2D eigenvalue weighted by molar-refractivity contribution is 0.353. The number of allylic oxidation sites excluding steroid dienone is 1. The van der Waals surface area contributed by atoms with Crippen molar-refractivity contribution in [2.75, 3.05) is 6.54 Å². The molecule has 86 valence electrons. The molecule has 2 aliphatic rings. The molecule has 0 bridgehead atoms. The molecule has 0 atom stereocenters. The Morgan fingerprint density at radius 1 is 0.933 bits per heavy atom. The van der Waals surface area contributed by atoms with Gasteiger partial charge in [-0.15, -0.1) is 0 Å². The number of rotatable bonds is 3. The van der Waals surface area contributed by atoms with E-state index < -0.39 is 0 Å². The summed E-state index contributed by atoms with van der Waals surface area (Å²) in [5.41, 5.74) is 1.66. The second kappa shape index (κ2) is 6.19. The topological polar surface area (TPSA) is 12.0 Å². The molecule has 0 amide bonds. The van der Waals surface area contributed by atoms with Crippen LogP contribution in [0.25, 0.3) is 0 Å². The Hall–Kier alpha value is -0.460. The highest BCUT2D eigenvalue weighted by Crippen LogP contribution is 2.24. The zero-order valence-electron chi connectivity index (χ0n) is 9.93. The number of hydrogen-bond acceptors (Lipinski definition) is 1. The van der Waals surface area contributed by atoms with Crippen LogP contribution in [0.1, 0.15) is 64.2 Å². The number of hydrogen-bond donors (Lipinski definition) is 1. The maximum atomic E-state index is 3.56. The van der Waals surface area contributed by atoms with Crippen molar-refractivity contribution in [3.05, 3.63) is 11.8 Å². The minimum atomic E-state index is 0.958. The Balaban J connectivity index is 1.64. The normalized spacial score (nSPS) is 23.9. The zero-order chi connectivity index (χ0) is 10.3. The van der Waals surface area contributed by atoms with E-state index in [0.717, 1.165) is 5.92 Å². The van der Waals surface area contributed by atoms with Crippen molar-refractivity contribution >= 4 is 0 Å². The van der Waals surface area contributed by atoms with Crippen LogP contribution in [0, 0.1) is 5.92 Å². The summed E-state index contributed by atoms with van der Waals surface area (Å²) in [5.74, 6) is 0.958. The summed E-state index contributed by atoms with van der Waals surface area (Å²) in [4.78, 5) is 0. The summed E-state index contributed by atoms with van der Waals surface area (Å²) >= 11 is 0. The van der Waals surface area contributed by atoms with Gasteiger partial charge in [0.15, 0.2) is 0 Å². The van der Waals surface area contributed by atoms with Gasteiger partial charge in [-0.1, -0.05) is 31.3 Å². The lowest BCUT2D eigenvalue weighted by Crippen LogP contribution is -2.21. The molecule has 0 aromatic heterocycles. The molecule has 1 N–H and O–H groups in total. The molecule has 2 aliphatic carbocycles. The van der Waals surface area contributed by atoms with Crippen molar-refractivity contribution in [3.63, 3.8) is 0 Å². The molecule has 2 fully saturated rings. The van der Waals surface area contributed by atoms with E-state index in [0.29, 0.717) is 0 Å². The van der Waals surface area contributed by atoms with Crippen LogP contribution in [-0.4, -0.2) is 6.54 Å².